The Morgan fingerprint density at radius 2 is 1.94 bits per heavy atom. The van der Waals surface area contributed by atoms with Gasteiger partial charge >= 0.3 is 5.97 Å². The summed E-state index contributed by atoms with van der Waals surface area (Å²) in [5.41, 5.74) is 7.64. The van der Waals surface area contributed by atoms with Gasteiger partial charge in [-0.15, -0.1) is 0 Å². The molecular formula is C14H21NO2S. The van der Waals surface area contributed by atoms with Gasteiger partial charge in [-0.25, -0.2) is 0 Å². The minimum absolute atomic E-state index is 0.441. The first-order valence-corrected chi connectivity index (χ1v) is 7.29. The number of hydrogen-bond acceptors (Lipinski definition) is 3. The molecule has 3 nitrogen and oxygen atoms in total. The molecule has 2 atom stereocenters. The van der Waals surface area contributed by atoms with Crippen LogP contribution in [0.2, 0.25) is 0 Å². The molecular weight excluding hydrogens is 246 g/mol. The zero-order chi connectivity index (χ0) is 13.5. The molecule has 18 heavy (non-hydrogen) atoms. The number of carboxylic acids is 1. The van der Waals surface area contributed by atoms with Crippen molar-refractivity contribution in [2.75, 3.05) is 12.3 Å². The first-order valence-electron chi connectivity index (χ1n) is 6.14. The van der Waals surface area contributed by atoms with Gasteiger partial charge in [-0.1, -0.05) is 31.2 Å². The predicted molar refractivity (Wildman–Crippen MR) is 76.9 cm³/mol. The zero-order valence-electron chi connectivity index (χ0n) is 10.9. The van der Waals surface area contributed by atoms with Gasteiger partial charge < -0.3 is 10.8 Å². The quantitative estimate of drug-likeness (QED) is 0.797. The molecule has 100 valence electrons. The molecule has 1 aromatic rings. The maximum Gasteiger partial charge on any atom is 0.310 e. The van der Waals surface area contributed by atoms with E-state index >= 15 is 0 Å². The molecule has 0 heterocycles. The van der Waals surface area contributed by atoms with Crippen LogP contribution in [-0.4, -0.2) is 23.4 Å². The molecule has 0 bridgehead atoms. The van der Waals surface area contributed by atoms with Crippen molar-refractivity contribution >= 4 is 17.7 Å². The van der Waals surface area contributed by atoms with Crippen LogP contribution in [0, 0.1) is 5.92 Å². The van der Waals surface area contributed by atoms with Crippen LogP contribution in [0.5, 0.6) is 0 Å². The van der Waals surface area contributed by atoms with Crippen molar-refractivity contribution in [3.8, 4) is 0 Å². The molecule has 0 spiro atoms. The standard InChI is InChI=1S/C14H21NO2S/c1-10(7-15)8-18-9-12-3-5-13(6-4-12)11(2)14(16)17/h3-6,10-11H,7-9,15H2,1-2H3,(H,16,17). The fraction of sp³-hybridized carbons (Fsp3) is 0.500. The van der Waals surface area contributed by atoms with Gasteiger partial charge in [0.05, 0.1) is 5.92 Å². The fourth-order valence-corrected chi connectivity index (χ4v) is 2.58. The molecule has 0 aromatic heterocycles. The Bertz CT molecular complexity index is 378. The highest BCUT2D eigenvalue weighted by atomic mass is 32.2. The third-order valence-electron chi connectivity index (χ3n) is 2.92. The van der Waals surface area contributed by atoms with Gasteiger partial charge in [0.25, 0.3) is 0 Å². The summed E-state index contributed by atoms with van der Waals surface area (Å²) in [5, 5.41) is 8.92. The molecule has 0 saturated heterocycles. The Balaban J connectivity index is 2.48. The summed E-state index contributed by atoms with van der Waals surface area (Å²) >= 11 is 1.86. The van der Waals surface area contributed by atoms with Gasteiger partial charge in [0.1, 0.15) is 0 Å². The van der Waals surface area contributed by atoms with Crippen LogP contribution in [-0.2, 0) is 10.5 Å². The van der Waals surface area contributed by atoms with Crippen molar-refractivity contribution in [2.45, 2.75) is 25.5 Å². The van der Waals surface area contributed by atoms with Gasteiger partial charge in [0, 0.05) is 5.75 Å². The predicted octanol–water partition coefficient (Wildman–Crippen LogP) is 2.70. The van der Waals surface area contributed by atoms with Crippen LogP contribution in [0.4, 0.5) is 0 Å². The summed E-state index contributed by atoms with van der Waals surface area (Å²) in [5.74, 6) is 1.33. The lowest BCUT2D eigenvalue weighted by molar-refractivity contribution is -0.138. The first-order chi connectivity index (χ1) is 8.54. The summed E-state index contributed by atoms with van der Waals surface area (Å²) in [4.78, 5) is 10.8. The van der Waals surface area contributed by atoms with Crippen molar-refractivity contribution in [2.24, 2.45) is 11.7 Å². The fourth-order valence-electron chi connectivity index (χ4n) is 1.49. The van der Waals surface area contributed by atoms with Gasteiger partial charge in [0.15, 0.2) is 0 Å². The molecule has 1 rings (SSSR count). The summed E-state index contributed by atoms with van der Waals surface area (Å²) in [6.45, 7) is 4.57. The third kappa shape index (κ3) is 4.70. The number of aliphatic carboxylic acids is 1. The number of nitrogens with two attached hydrogens (primary N) is 1. The van der Waals surface area contributed by atoms with Crippen LogP contribution in [0.25, 0.3) is 0 Å². The van der Waals surface area contributed by atoms with Gasteiger partial charge in [-0.2, -0.15) is 11.8 Å². The molecule has 2 unspecified atom stereocenters. The van der Waals surface area contributed by atoms with Crippen molar-refractivity contribution in [3.63, 3.8) is 0 Å². The maximum absolute atomic E-state index is 10.8. The Labute approximate surface area is 113 Å². The maximum atomic E-state index is 10.8. The molecule has 3 N–H and O–H groups in total. The number of benzene rings is 1. The highest BCUT2D eigenvalue weighted by Gasteiger charge is 2.12. The van der Waals surface area contributed by atoms with Crippen molar-refractivity contribution in [1.82, 2.24) is 0 Å². The monoisotopic (exact) mass is 267 g/mol. The average Bonchev–Trinajstić information content (AvgIpc) is 2.38. The van der Waals surface area contributed by atoms with E-state index in [-0.39, 0.29) is 0 Å². The summed E-state index contributed by atoms with van der Waals surface area (Å²) < 4.78 is 0. The van der Waals surface area contributed by atoms with E-state index in [0.717, 1.165) is 23.6 Å². The van der Waals surface area contributed by atoms with Crippen LogP contribution in [0.3, 0.4) is 0 Å². The SMILES string of the molecule is CC(CN)CSCc1ccc(C(C)C(=O)O)cc1. The topological polar surface area (TPSA) is 63.3 Å². The number of carboxylic acid groups (broad SMARTS) is 1. The number of hydrogen-bond donors (Lipinski definition) is 2. The summed E-state index contributed by atoms with van der Waals surface area (Å²) in [6, 6.07) is 7.83. The molecule has 0 radical (unpaired) electrons. The minimum Gasteiger partial charge on any atom is -0.481 e. The van der Waals surface area contributed by atoms with E-state index < -0.39 is 11.9 Å². The van der Waals surface area contributed by atoms with E-state index in [1.54, 1.807) is 6.92 Å². The molecule has 0 aliphatic rings. The molecule has 0 aliphatic carbocycles. The van der Waals surface area contributed by atoms with E-state index in [9.17, 15) is 4.79 Å². The number of thioether (sulfide) groups is 1. The lowest BCUT2D eigenvalue weighted by Gasteiger charge is -2.09. The Morgan fingerprint density at radius 1 is 1.33 bits per heavy atom. The van der Waals surface area contributed by atoms with E-state index in [0.29, 0.717) is 5.92 Å². The van der Waals surface area contributed by atoms with Crippen molar-refractivity contribution < 1.29 is 9.90 Å². The second-order valence-corrected chi connectivity index (χ2v) is 5.69. The van der Waals surface area contributed by atoms with E-state index in [2.05, 4.69) is 6.92 Å². The Kier molecular flexibility index (Phi) is 6.22. The van der Waals surface area contributed by atoms with E-state index in [1.165, 1.54) is 5.56 Å². The normalized spacial score (nSPS) is 14.2. The molecule has 0 aliphatic heterocycles. The second kappa shape index (κ2) is 7.44. The van der Waals surface area contributed by atoms with Crippen molar-refractivity contribution in [1.29, 1.82) is 0 Å². The summed E-state index contributed by atoms with van der Waals surface area (Å²) in [6.07, 6.45) is 0. The van der Waals surface area contributed by atoms with E-state index in [1.807, 2.05) is 36.0 Å². The van der Waals surface area contributed by atoms with Crippen LogP contribution >= 0.6 is 11.8 Å². The molecule has 0 fully saturated rings. The summed E-state index contributed by atoms with van der Waals surface area (Å²) in [7, 11) is 0. The van der Waals surface area contributed by atoms with Crippen LogP contribution < -0.4 is 5.73 Å². The lowest BCUT2D eigenvalue weighted by Crippen LogP contribution is -2.12. The molecule has 0 saturated carbocycles. The molecule has 4 heteroatoms. The average molecular weight is 267 g/mol. The second-order valence-electron chi connectivity index (χ2n) is 4.66. The van der Waals surface area contributed by atoms with Crippen molar-refractivity contribution in [3.05, 3.63) is 35.4 Å². The smallest absolute Gasteiger partial charge is 0.310 e. The van der Waals surface area contributed by atoms with Gasteiger partial charge in [-0.05, 0) is 36.3 Å². The van der Waals surface area contributed by atoms with Crippen LogP contribution in [0.1, 0.15) is 30.9 Å². The first kappa shape index (κ1) is 15.1. The number of carbonyl (C=O) groups is 1. The Hall–Kier alpha value is -1.00. The Morgan fingerprint density at radius 3 is 2.44 bits per heavy atom. The third-order valence-corrected chi connectivity index (χ3v) is 4.27. The van der Waals surface area contributed by atoms with E-state index in [4.69, 9.17) is 10.8 Å². The highest BCUT2D eigenvalue weighted by molar-refractivity contribution is 7.98. The largest absolute Gasteiger partial charge is 0.481 e. The number of rotatable bonds is 7. The van der Waals surface area contributed by atoms with Crippen LogP contribution in [0.15, 0.2) is 24.3 Å². The zero-order valence-corrected chi connectivity index (χ0v) is 11.7. The minimum atomic E-state index is -0.783. The van der Waals surface area contributed by atoms with Gasteiger partial charge in [-0.3, -0.25) is 4.79 Å². The molecule has 1 aromatic carbocycles. The highest BCUT2D eigenvalue weighted by Crippen LogP contribution is 2.19. The van der Waals surface area contributed by atoms with Gasteiger partial charge in [0.2, 0.25) is 0 Å². The lowest BCUT2D eigenvalue weighted by atomic mass is 10.0. The molecule has 0 amide bonds.